The minimum atomic E-state index is -0.954. The lowest BCUT2D eigenvalue weighted by Crippen LogP contribution is -2.20. The molecule has 0 aromatic carbocycles. The van der Waals surface area contributed by atoms with E-state index in [1.165, 1.54) is 0 Å². The van der Waals surface area contributed by atoms with Gasteiger partial charge in [-0.15, -0.1) is 0 Å². The molecule has 0 aromatic rings. The molecule has 90 valence electrons. The lowest BCUT2D eigenvalue weighted by Gasteiger charge is -2.14. The molecule has 0 radical (unpaired) electrons. The Morgan fingerprint density at radius 1 is 1.33 bits per heavy atom. The molecule has 1 N–H and O–H groups in total. The summed E-state index contributed by atoms with van der Waals surface area (Å²) in [5.74, 6) is -0.954. The first kappa shape index (κ1) is 14.3. The van der Waals surface area contributed by atoms with Gasteiger partial charge in [0.2, 0.25) is 0 Å². The number of aliphatic carboxylic acids is 1. The molecule has 0 bridgehead atoms. The van der Waals surface area contributed by atoms with Crippen molar-refractivity contribution in [1.29, 1.82) is 0 Å². The molecule has 0 rings (SSSR count). The van der Waals surface area contributed by atoms with Gasteiger partial charge in [0.15, 0.2) is 0 Å². The summed E-state index contributed by atoms with van der Waals surface area (Å²) in [6.07, 6.45) is 2.80. The second-order valence-electron chi connectivity index (χ2n) is 3.26. The lowest BCUT2D eigenvalue weighted by atomic mass is 10.1. The number of unbranched alkanes of at least 4 members (excludes halogenated alkanes) is 1. The molecule has 5 heteroatoms. The molecule has 5 nitrogen and oxygen atoms in total. The van der Waals surface area contributed by atoms with Gasteiger partial charge >= 0.3 is 5.97 Å². The molecule has 0 saturated carbocycles. The number of methoxy groups -OCH3 is 2. The van der Waals surface area contributed by atoms with Crippen molar-refractivity contribution in [1.82, 2.24) is 0 Å². The van der Waals surface area contributed by atoms with E-state index >= 15 is 0 Å². The SMILES string of the molecule is COCCCCC(COCC(=O)O)OC. The molecule has 0 aromatic heterocycles. The van der Waals surface area contributed by atoms with Crippen LogP contribution >= 0.6 is 0 Å². The monoisotopic (exact) mass is 220 g/mol. The zero-order chi connectivity index (χ0) is 11.5. The Morgan fingerprint density at radius 3 is 2.60 bits per heavy atom. The van der Waals surface area contributed by atoms with Gasteiger partial charge in [0, 0.05) is 20.8 Å². The van der Waals surface area contributed by atoms with Crippen LogP contribution in [0.2, 0.25) is 0 Å². The van der Waals surface area contributed by atoms with Gasteiger partial charge in [-0.3, -0.25) is 0 Å². The number of carboxylic acid groups (broad SMARTS) is 1. The second-order valence-corrected chi connectivity index (χ2v) is 3.26. The Balaban J connectivity index is 3.41. The highest BCUT2D eigenvalue weighted by Crippen LogP contribution is 2.04. The molecule has 0 aliphatic carbocycles. The quantitative estimate of drug-likeness (QED) is 0.554. The number of ether oxygens (including phenoxy) is 3. The predicted octanol–water partition coefficient (Wildman–Crippen LogP) is 0.919. The molecular weight excluding hydrogens is 200 g/mol. The molecule has 1 unspecified atom stereocenters. The molecule has 0 aliphatic rings. The van der Waals surface area contributed by atoms with Gasteiger partial charge in [-0.25, -0.2) is 4.79 Å². The third-order valence-corrected chi connectivity index (χ3v) is 1.99. The fraction of sp³-hybridized carbons (Fsp3) is 0.900. The summed E-state index contributed by atoms with van der Waals surface area (Å²) in [6.45, 7) is 0.806. The van der Waals surface area contributed by atoms with Crippen LogP contribution < -0.4 is 0 Å². The van der Waals surface area contributed by atoms with Crippen LogP contribution in [-0.2, 0) is 19.0 Å². The summed E-state index contributed by atoms with van der Waals surface area (Å²) in [4.78, 5) is 10.2. The number of carbonyl (C=O) groups is 1. The van der Waals surface area contributed by atoms with Crippen LogP contribution in [0.4, 0.5) is 0 Å². The van der Waals surface area contributed by atoms with Crippen molar-refractivity contribution < 1.29 is 24.1 Å². The van der Waals surface area contributed by atoms with E-state index < -0.39 is 5.97 Å². The smallest absolute Gasteiger partial charge is 0.329 e. The maximum atomic E-state index is 10.2. The Hall–Kier alpha value is -0.650. The lowest BCUT2D eigenvalue weighted by molar-refractivity contribution is -0.143. The van der Waals surface area contributed by atoms with Crippen LogP contribution in [0, 0.1) is 0 Å². The molecule has 0 amide bonds. The molecular formula is C10H20O5. The number of hydrogen-bond donors (Lipinski definition) is 1. The normalized spacial score (nSPS) is 12.7. The van der Waals surface area contributed by atoms with Crippen molar-refractivity contribution in [2.45, 2.75) is 25.4 Å². The van der Waals surface area contributed by atoms with E-state index in [-0.39, 0.29) is 12.7 Å². The van der Waals surface area contributed by atoms with Crippen molar-refractivity contribution >= 4 is 5.97 Å². The summed E-state index contributed by atoms with van der Waals surface area (Å²) in [7, 11) is 3.27. The van der Waals surface area contributed by atoms with Gasteiger partial charge in [-0.1, -0.05) is 0 Å². The summed E-state index contributed by atoms with van der Waals surface area (Å²) >= 11 is 0. The van der Waals surface area contributed by atoms with E-state index in [0.717, 1.165) is 25.9 Å². The van der Waals surface area contributed by atoms with Crippen LogP contribution in [0.5, 0.6) is 0 Å². The molecule has 0 fully saturated rings. The van der Waals surface area contributed by atoms with Crippen LogP contribution in [-0.4, -0.2) is 51.2 Å². The van der Waals surface area contributed by atoms with Gasteiger partial charge in [0.25, 0.3) is 0 Å². The summed E-state index contributed by atoms with van der Waals surface area (Å²) in [5, 5.41) is 8.36. The third-order valence-electron chi connectivity index (χ3n) is 1.99. The van der Waals surface area contributed by atoms with Gasteiger partial charge < -0.3 is 19.3 Å². The van der Waals surface area contributed by atoms with Crippen molar-refractivity contribution in [3.8, 4) is 0 Å². The fourth-order valence-electron chi connectivity index (χ4n) is 1.17. The Kier molecular flexibility index (Phi) is 9.46. The topological polar surface area (TPSA) is 65.0 Å². The highest BCUT2D eigenvalue weighted by molar-refractivity contribution is 5.67. The average molecular weight is 220 g/mol. The van der Waals surface area contributed by atoms with Crippen LogP contribution in [0.25, 0.3) is 0 Å². The Labute approximate surface area is 90.3 Å². The number of hydrogen-bond acceptors (Lipinski definition) is 4. The Morgan fingerprint density at radius 2 is 2.07 bits per heavy atom. The molecule has 0 saturated heterocycles. The minimum Gasteiger partial charge on any atom is -0.480 e. The number of carboxylic acids is 1. The van der Waals surface area contributed by atoms with Crippen molar-refractivity contribution in [2.75, 3.05) is 34.0 Å². The zero-order valence-corrected chi connectivity index (χ0v) is 9.40. The van der Waals surface area contributed by atoms with E-state index in [2.05, 4.69) is 0 Å². The molecule has 0 heterocycles. The van der Waals surface area contributed by atoms with Crippen LogP contribution in [0.15, 0.2) is 0 Å². The summed E-state index contributed by atoms with van der Waals surface area (Å²) < 4.78 is 15.0. The van der Waals surface area contributed by atoms with E-state index in [4.69, 9.17) is 19.3 Å². The second kappa shape index (κ2) is 9.89. The van der Waals surface area contributed by atoms with Crippen molar-refractivity contribution in [2.24, 2.45) is 0 Å². The predicted molar refractivity (Wildman–Crippen MR) is 55.0 cm³/mol. The third kappa shape index (κ3) is 9.65. The Bertz CT molecular complexity index is 160. The van der Waals surface area contributed by atoms with E-state index in [1.807, 2.05) is 0 Å². The maximum Gasteiger partial charge on any atom is 0.329 e. The average Bonchev–Trinajstić information content (AvgIpc) is 2.21. The first-order valence-electron chi connectivity index (χ1n) is 5.02. The molecule has 0 spiro atoms. The standard InChI is InChI=1S/C10H20O5/c1-13-6-4-3-5-9(14-2)7-15-8-10(11)12/h9H,3-8H2,1-2H3,(H,11,12). The summed E-state index contributed by atoms with van der Waals surface area (Å²) in [5.41, 5.74) is 0. The van der Waals surface area contributed by atoms with Crippen LogP contribution in [0.1, 0.15) is 19.3 Å². The highest BCUT2D eigenvalue weighted by atomic mass is 16.5. The summed E-state index contributed by atoms with van der Waals surface area (Å²) in [6, 6.07) is 0. The van der Waals surface area contributed by atoms with E-state index in [1.54, 1.807) is 14.2 Å². The van der Waals surface area contributed by atoms with Crippen molar-refractivity contribution in [3.05, 3.63) is 0 Å². The van der Waals surface area contributed by atoms with Crippen molar-refractivity contribution in [3.63, 3.8) is 0 Å². The van der Waals surface area contributed by atoms with Crippen LogP contribution in [0.3, 0.4) is 0 Å². The maximum absolute atomic E-state index is 10.2. The molecule has 0 aliphatic heterocycles. The van der Waals surface area contributed by atoms with Gasteiger partial charge in [-0.05, 0) is 19.3 Å². The van der Waals surface area contributed by atoms with Gasteiger partial charge in [-0.2, -0.15) is 0 Å². The minimum absolute atomic E-state index is 0.0267. The fourth-order valence-corrected chi connectivity index (χ4v) is 1.17. The molecule has 1 atom stereocenters. The van der Waals surface area contributed by atoms with E-state index in [0.29, 0.717) is 6.61 Å². The first-order valence-corrected chi connectivity index (χ1v) is 5.02. The number of rotatable bonds is 10. The molecule has 15 heavy (non-hydrogen) atoms. The van der Waals surface area contributed by atoms with E-state index in [9.17, 15) is 4.79 Å². The van der Waals surface area contributed by atoms with Gasteiger partial charge in [0.1, 0.15) is 6.61 Å². The zero-order valence-electron chi connectivity index (χ0n) is 9.40. The highest BCUT2D eigenvalue weighted by Gasteiger charge is 2.08. The largest absolute Gasteiger partial charge is 0.480 e. The first-order chi connectivity index (χ1) is 7.20. The van der Waals surface area contributed by atoms with Gasteiger partial charge in [0.05, 0.1) is 12.7 Å².